The molecule has 1 fully saturated rings. The third-order valence-electron chi connectivity index (χ3n) is 2.63. The number of hydroxylamine groups is 1. The van der Waals surface area contributed by atoms with Crippen molar-refractivity contribution in [2.45, 2.75) is 32.7 Å². The van der Waals surface area contributed by atoms with Crippen molar-refractivity contribution >= 4 is 5.78 Å². The summed E-state index contributed by atoms with van der Waals surface area (Å²) in [5.74, 6) is 0.272. The number of carbonyl (C=O) groups is 1. The molecule has 0 amide bonds. The van der Waals surface area contributed by atoms with Crippen molar-refractivity contribution in [1.29, 1.82) is 0 Å². The number of carbonyl (C=O) groups excluding carboxylic acids is 1. The molecule has 5 nitrogen and oxygen atoms in total. The Bertz CT molecular complexity index is 294. The van der Waals surface area contributed by atoms with Gasteiger partial charge in [0.25, 0.3) is 0 Å². The molecule has 1 unspecified atom stereocenters. The van der Waals surface area contributed by atoms with Crippen molar-refractivity contribution in [3.8, 4) is 0 Å². The van der Waals surface area contributed by atoms with Gasteiger partial charge in [-0.1, -0.05) is 4.86 Å². The molecule has 90 valence electrons. The first-order valence-electron chi connectivity index (χ1n) is 5.53. The molecular weight excluding hydrogens is 208 g/mol. The Balaban J connectivity index is 2.45. The molecule has 1 aliphatic heterocycles. The summed E-state index contributed by atoms with van der Waals surface area (Å²) in [5.41, 5.74) is 0. The summed E-state index contributed by atoms with van der Waals surface area (Å²) in [6.45, 7) is 4.52. The highest BCUT2D eigenvalue weighted by Crippen LogP contribution is 2.15. The Kier molecular flexibility index (Phi) is 5.11. The molecule has 0 aromatic carbocycles. The maximum atomic E-state index is 11.3. The van der Waals surface area contributed by atoms with Crippen molar-refractivity contribution in [3.05, 3.63) is 17.5 Å². The third kappa shape index (κ3) is 4.53. The fourth-order valence-corrected chi connectivity index (χ4v) is 1.39. The minimum atomic E-state index is -0.572. The quantitative estimate of drug-likeness (QED) is 0.417. The standard InChI is InChI=1S/C11H18N2O3/c1-9(10(2)14)12-13(15)6-3-11-4-7-16-8-5-11/h3,6,9,11H,4-5,7-8H2,1-2H3. The van der Waals surface area contributed by atoms with Gasteiger partial charge in [-0.15, -0.1) is 0 Å². The van der Waals surface area contributed by atoms with E-state index >= 15 is 0 Å². The van der Waals surface area contributed by atoms with Crippen LogP contribution in [0.25, 0.3) is 0 Å². The smallest absolute Gasteiger partial charge is 0.205 e. The Morgan fingerprint density at radius 2 is 2.19 bits per heavy atom. The van der Waals surface area contributed by atoms with Gasteiger partial charge in [0.2, 0.25) is 6.20 Å². The van der Waals surface area contributed by atoms with Crippen LogP contribution in [0.15, 0.2) is 17.4 Å². The third-order valence-corrected chi connectivity index (χ3v) is 2.63. The van der Waals surface area contributed by atoms with Crippen LogP contribution < -0.4 is 0 Å². The lowest BCUT2D eigenvalue weighted by Crippen LogP contribution is -2.14. The predicted molar refractivity (Wildman–Crippen MR) is 58.9 cm³/mol. The van der Waals surface area contributed by atoms with E-state index in [0.717, 1.165) is 26.1 Å². The Morgan fingerprint density at radius 1 is 1.56 bits per heavy atom. The maximum Gasteiger partial charge on any atom is 0.205 e. The van der Waals surface area contributed by atoms with Crippen LogP contribution in [0.3, 0.4) is 0 Å². The summed E-state index contributed by atoms with van der Waals surface area (Å²) in [6.07, 6.45) is 5.10. The molecule has 1 saturated heterocycles. The van der Waals surface area contributed by atoms with E-state index in [2.05, 4.69) is 5.11 Å². The largest absolute Gasteiger partial charge is 0.595 e. The molecular formula is C11H18N2O3. The molecule has 0 N–H and O–H groups in total. The van der Waals surface area contributed by atoms with Gasteiger partial charge in [-0.25, -0.2) is 0 Å². The number of nitrogens with zero attached hydrogens (tertiary/aromatic N) is 2. The van der Waals surface area contributed by atoms with E-state index in [1.807, 2.05) is 6.08 Å². The lowest BCUT2D eigenvalue weighted by molar-refractivity contribution is -0.461. The maximum absolute atomic E-state index is 11.3. The van der Waals surface area contributed by atoms with E-state index in [-0.39, 0.29) is 5.78 Å². The van der Waals surface area contributed by atoms with Crippen LogP contribution in [0.4, 0.5) is 0 Å². The number of hydrogen-bond acceptors (Lipinski definition) is 4. The Morgan fingerprint density at radius 3 is 2.75 bits per heavy atom. The molecule has 0 aromatic rings. The second-order valence-electron chi connectivity index (χ2n) is 4.00. The van der Waals surface area contributed by atoms with Crippen molar-refractivity contribution in [2.75, 3.05) is 13.2 Å². The molecule has 0 aromatic heterocycles. The topological polar surface area (TPSA) is 64.7 Å². The first kappa shape index (κ1) is 12.8. The summed E-state index contributed by atoms with van der Waals surface area (Å²) in [7, 11) is 0. The first-order chi connectivity index (χ1) is 7.59. The summed E-state index contributed by atoms with van der Waals surface area (Å²) < 4.78 is 5.21. The van der Waals surface area contributed by atoms with Crippen LogP contribution in [0, 0.1) is 11.1 Å². The molecule has 0 saturated carbocycles. The monoisotopic (exact) mass is 226 g/mol. The van der Waals surface area contributed by atoms with Crippen molar-refractivity contribution in [3.63, 3.8) is 0 Å². The van der Waals surface area contributed by atoms with Gasteiger partial charge in [-0.2, -0.15) is 0 Å². The molecule has 5 heteroatoms. The van der Waals surface area contributed by atoms with Gasteiger partial charge >= 0.3 is 0 Å². The van der Waals surface area contributed by atoms with E-state index in [4.69, 9.17) is 4.74 Å². The molecule has 0 radical (unpaired) electrons. The average molecular weight is 226 g/mol. The average Bonchev–Trinajstić information content (AvgIpc) is 2.27. The summed E-state index contributed by atoms with van der Waals surface area (Å²) >= 11 is 0. The number of azo groups is 1. The van der Waals surface area contributed by atoms with Crippen LogP contribution in [-0.4, -0.2) is 29.9 Å². The van der Waals surface area contributed by atoms with E-state index in [1.54, 1.807) is 6.92 Å². The Hall–Kier alpha value is -1.23. The molecule has 16 heavy (non-hydrogen) atoms. The minimum Gasteiger partial charge on any atom is -0.595 e. The number of hydrogen-bond donors (Lipinski definition) is 0. The van der Waals surface area contributed by atoms with Gasteiger partial charge < -0.3 is 9.94 Å². The fraction of sp³-hybridized carbons (Fsp3) is 0.727. The van der Waals surface area contributed by atoms with Gasteiger partial charge in [0, 0.05) is 13.2 Å². The number of rotatable bonds is 4. The highest BCUT2D eigenvalue weighted by molar-refractivity contribution is 5.80. The SMILES string of the molecule is CC(=O)C(C)N=[N+]([O-])C=CC1CCOCC1. The fourth-order valence-electron chi connectivity index (χ4n) is 1.39. The Labute approximate surface area is 95.4 Å². The van der Waals surface area contributed by atoms with Gasteiger partial charge in [-0.05, 0) is 43.8 Å². The summed E-state index contributed by atoms with van der Waals surface area (Å²) in [6, 6.07) is -0.572. The van der Waals surface area contributed by atoms with E-state index in [1.165, 1.54) is 13.1 Å². The predicted octanol–water partition coefficient (Wildman–Crippen LogP) is 1.87. The van der Waals surface area contributed by atoms with Crippen molar-refractivity contribution in [1.82, 2.24) is 0 Å². The molecule has 1 heterocycles. The summed E-state index contributed by atoms with van der Waals surface area (Å²) in [5, 5.41) is 15.0. The van der Waals surface area contributed by atoms with Gasteiger partial charge in [0.05, 0.1) is 0 Å². The molecule has 1 aliphatic rings. The van der Waals surface area contributed by atoms with Gasteiger partial charge in [0.15, 0.2) is 11.8 Å². The van der Waals surface area contributed by atoms with E-state index in [9.17, 15) is 10.0 Å². The van der Waals surface area contributed by atoms with Crippen LogP contribution in [-0.2, 0) is 9.53 Å². The number of Topliss-reactive ketones (excluding diaryl/α,β-unsaturated/α-hetero) is 1. The van der Waals surface area contributed by atoms with Crippen LogP contribution in [0.1, 0.15) is 26.7 Å². The zero-order valence-electron chi connectivity index (χ0n) is 9.76. The van der Waals surface area contributed by atoms with Gasteiger partial charge in [0.1, 0.15) is 0 Å². The van der Waals surface area contributed by atoms with E-state index in [0.29, 0.717) is 10.8 Å². The number of allylic oxidation sites excluding steroid dienone is 1. The van der Waals surface area contributed by atoms with Crippen LogP contribution in [0.5, 0.6) is 0 Å². The second-order valence-corrected chi connectivity index (χ2v) is 4.00. The highest BCUT2D eigenvalue weighted by atomic mass is 16.5. The zero-order valence-corrected chi connectivity index (χ0v) is 9.76. The van der Waals surface area contributed by atoms with Crippen LogP contribution in [0.2, 0.25) is 0 Å². The summed E-state index contributed by atoms with van der Waals surface area (Å²) in [4.78, 5) is 11.4. The molecule has 1 rings (SSSR count). The normalized spacial score (nSPS) is 21.2. The minimum absolute atomic E-state index is 0.111. The van der Waals surface area contributed by atoms with Gasteiger partial charge in [-0.3, -0.25) is 4.79 Å². The van der Waals surface area contributed by atoms with Crippen molar-refractivity contribution < 1.29 is 14.4 Å². The number of ketones is 1. The molecule has 1 atom stereocenters. The highest BCUT2D eigenvalue weighted by Gasteiger charge is 2.12. The molecule has 0 spiro atoms. The van der Waals surface area contributed by atoms with E-state index < -0.39 is 6.04 Å². The number of ether oxygens (including phenoxy) is 1. The lowest BCUT2D eigenvalue weighted by Gasteiger charge is -2.17. The molecule has 0 bridgehead atoms. The zero-order chi connectivity index (χ0) is 12.0. The first-order valence-corrected chi connectivity index (χ1v) is 5.53. The van der Waals surface area contributed by atoms with Crippen molar-refractivity contribution in [2.24, 2.45) is 11.0 Å². The van der Waals surface area contributed by atoms with Crippen LogP contribution >= 0.6 is 0 Å². The second kappa shape index (κ2) is 6.37. The lowest BCUT2D eigenvalue weighted by atomic mass is 10.0. The molecule has 0 aliphatic carbocycles.